The molecular weight excluding hydrogens is 292 g/mol. The molecule has 2 bridgehead atoms. The van der Waals surface area contributed by atoms with Gasteiger partial charge in [-0.15, -0.1) is 0 Å². The van der Waals surface area contributed by atoms with Crippen LogP contribution in [-0.2, 0) is 14.4 Å². The summed E-state index contributed by atoms with van der Waals surface area (Å²) in [5, 5.41) is 0. The third-order valence-corrected chi connectivity index (χ3v) is 5.97. The van der Waals surface area contributed by atoms with Crippen LogP contribution in [0.3, 0.4) is 0 Å². The van der Waals surface area contributed by atoms with Gasteiger partial charge in [0.2, 0.25) is 17.7 Å². The summed E-state index contributed by atoms with van der Waals surface area (Å²) >= 11 is 0. The highest BCUT2D eigenvalue weighted by molar-refractivity contribution is 6.08. The van der Waals surface area contributed by atoms with Gasteiger partial charge in [0.05, 0.1) is 11.8 Å². The Hall–Kier alpha value is -1.65. The van der Waals surface area contributed by atoms with Crippen LogP contribution >= 0.6 is 0 Å². The number of rotatable bonds is 5. The molecule has 0 N–H and O–H groups in total. The largest absolute Gasteiger partial charge is 0.338 e. The topological polar surface area (TPSA) is 57.7 Å². The van der Waals surface area contributed by atoms with E-state index >= 15 is 0 Å². The van der Waals surface area contributed by atoms with Crippen LogP contribution in [-0.4, -0.2) is 46.7 Å². The first kappa shape index (κ1) is 16.2. The first-order valence-corrected chi connectivity index (χ1v) is 8.69. The first-order valence-electron chi connectivity index (χ1n) is 8.69. The highest BCUT2D eigenvalue weighted by Gasteiger charge is 2.59. The van der Waals surface area contributed by atoms with E-state index in [4.69, 9.17) is 0 Å². The molecule has 1 saturated carbocycles. The van der Waals surface area contributed by atoms with Crippen LogP contribution < -0.4 is 0 Å². The number of nitrogens with zero attached hydrogens (tertiary/aromatic N) is 2. The van der Waals surface area contributed by atoms with E-state index in [-0.39, 0.29) is 54.0 Å². The van der Waals surface area contributed by atoms with E-state index in [1.807, 2.05) is 13.8 Å². The van der Waals surface area contributed by atoms with Gasteiger partial charge in [-0.05, 0) is 38.0 Å². The van der Waals surface area contributed by atoms with Gasteiger partial charge >= 0.3 is 0 Å². The minimum Gasteiger partial charge on any atom is -0.338 e. The van der Waals surface area contributed by atoms with Crippen LogP contribution in [0.25, 0.3) is 0 Å². The van der Waals surface area contributed by atoms with Crippen molar-refractivity contribution >= 4 is 17.7 Å². The number of amides is 3. The lowest BCUT2D eigenvalue weighted by Crippen LogP contribution is -2.48. The number of hydrogen-bond donors (Lipinski definition) is 0. The number of likely N-dealkylation sites (N-methyl/N-ethyl adjacent to an activating group) is 1. The quantitative estimate of drug-likeness (QED) is 0.572. The van der Waals surface area contributed by atoms with Gasteiger partial charge in [-0.1, -0.05) is 26.0 Å². The average Bonchev–Trinajstić information content (AvgIpc) is 3.17. The molecule has 2 fully saturated rings. The molecule has 1 heterocycles. The van der Waals surface area contributed by atoms with E-state index in [0.717, 1.165) is 6.42 Å². The maximum atomic E-state index is 12.6. The molecule has 0 aromatic rings. The van der Waals surface area contributed by atoms with Gasteiger partial charge in [-0.2, -0.15) is 0 Å². The van der Waals surface area contributed by atoms with Crippen molar-refractivity contribution in [1.29, 1.82) is 0 Å². The summed E-state index contributed by atoms with van der Waals surface area (Å²) in [7, 11) is 0. The Labute approximate surface area is 137 Å². The number of allylic oxidation sites excluding steroid dienone is 2. The number of likely N-dealkylation sites (tertiary alicyclic amines) is 1. The fraction of sp³-hybridized carbons (Fsp3) is 0.722. The molecule has 5 atom stereocenters. The monoisotopic (exact) mass is 318 g/mol. The molecular formula is C18H26N2O3. The van der Waals surface area contributed by atoms with E-state index in [2.05, 4.69) is 26.0 Å². The van der Waals surface area contributed by atoms with Crippen LogP contribution in [0.1, 0.15) is 34.1 Å². The van der Waals surface area contributed by atoms with Gasteiger partial charge in [-0.3, -0.25) is 19.3 Å². The second-order valence-corrected chi connectivity index (χ2v) is 7.43. The predicted molar refractivity (Wildman–Crippen MR) is 86.1 cm³/mol. The van der Waals surface area contributed by atoms with Crippen molar-refractivity contribution in [3.8, 4) is 0 Å². The Kier molecular flexibility index (Phi) is 4.07. The van der Waals surface area contributed by atoms with E-state index < -0.39 is 0 Å². The maximum Gasteiger partial charge on any atom is 0.242 e. The zero-order chi connectivity index (χ0) is 16.9. The molecule has 23 heavy (non-hydrogen) atoms. The molecule has 5 heteroatoms. The van der Waals surface area contributed by atoms with Crippen LogP contribution in [0.5, 0.6) is 0 Å². The minimum absolute atomic E-state index is 0.0951. The van der Waals surface area contributed by atoms with Gasteiger partial charge in [0, 0.05) is 12.6 Å². The molecule has 5 nitrogen and oxygen atoms in total. The van der Waals surface area contributed by atoms with Gasteiger partial charge in [0.15, 0.2) is 0 Å². The second-order valence-electron chi connectivity index (χ2n) is 7.43. The summed E-state index contributed by atoms with van der Waals surface area (Å²) in [6.45, 7) is 8.58. The summed E-state index contributed by atoms with van der Waals surface area (Å²) in [5.41, 5.74) is 0. The third kappa shape index (κ3) is 2.41. The standard InChI is InChI=1S/C18H26N2O3/c1-5-19(11(4)10(2)3)14(21)9-20-17(22)15-12-6-7-13(8-12)16(15)18(20)23/h6-7,10-13,15-16H,5,8-9H2,1-4H3/t11-,12+,13+,15-,16+/m1/s1. The molecule has 3 rings (SSSR count). The van der Waals surface area contributed by atoms with Gasteiger partial charge in [-0.25, -0.2) is 0 Å². The van der Waals surface area contributed by atoms with Crippen LogP contribution in [0, 0.1) is 29.6 Å². The summed E-state index contributed by atoms with van der Waals surface area (Å²) < 4.78 is 0. The number of fused-ring (bicyclic) bond motifs is 5. The maximum absolute atomic E-state index is 12.6. The summed E-state index contributed by atoms with van der Waals surface area (Å²) in [4.78, 5) is 40.9. The molecule has 0 aromatic carbocycles. The molecule has 3 amide bonds. The summed E-state index contributed by atoms with van der Waals surface area (Å²) in [6.07, 6.45) is 5.06. The number of carbonyl (C=O) groups excluding carboxylic acids is 3. The summed E-state index contributed by atoms with van der Waals surface area (Å²) in [5.74, 6) is -0.126. The van der Waals surface area contributed by atoms with Crippen molar-refractivity contribution in [1.82, 2.24) is 9.80 Å². The third-order valence-electron chi connectivity index (χ3n) is 5.97. The average molecular weight is 318 g/mol. The molecule has 1 saturated heterocycles. The molecule has 1 aliphatic heterocycles. The fourth-order valence-electron chi connectivity index (χ4n) is 4.40. The molecule has 0 spiro atoms. The molecule has 3 aliphatic rings. The highest BCUT2D eigenvalue weighted by atomic mass is 16.2. The summed E-state index contributed by atoms with van der Waals surface area (Å²) in [6, 6.07) is 0.0951. The molecule has 0 unspecified atom stereocenters. The smallest absolute Gasteiger partial charge is 0.242 e. The Bertz CT molecular complexity index is 539. The lowest BCUT2D eigenvalue weighted by atomic mass is 9.85. The van der Waals surface area contributed by atoms with Crippen molar-refractivity contribution in [2.45, 2.75) is 40.2 Å². The van der Waals surface area contributed by atoms with Crippen LogP contribution in [0.15, 0.2) is 12.2 Å². The zero-order valence-corrected chi connectivity index (χ0v) is 14.4. The van der Waals surface area contributed by atoms with E-state index in [0.29, 0.717) is 12.5 Å². The normalized spacial score (nSPS) is 32.8. The predicted octanol–water partition coefficient (Wildman–Crippen LogP) is 1.69. The van der Waals surface area contributed by atoms with E-state index in [1.54, 1.807) is 4.90 Å². The Morgan fingerprint density at radius 1 is 1.17 bits per heavy atom. The molecule has 126 valence electrons. The van der Waals surface area contributed by atoms with Crippen LogP contribution in [0.4, 0.5) is 0 Å². The lowest BCUT2D eigenvalue weighted by Gasteiger charge is -2.32. The van der Waals surface area contributed by atoms with Crippen molar-refractivity contribution in [2.24, 2.45) is 29.6 Å². The fourth-order valence-corrected chi connectivity index (χ4v) is 4.40. The van der Waals surface area contributed by atoms with Gasteiger partial charge < -0.3 is 4.90 Å². The Morgan fingerprint density at radius 2 is 1.70 bits per heavy atom. The molecule has 0 radical (unpaired) electrons. The zero-order valence-electron chi connectivity index (χ0n) is 14.4. The van der Waals surface area contributed by atoms with Crippen molar-refractivity contribution in [3.05, 3.63) is 12.2 Å². The first-order chi connectivity index (χ1) is 10.9. The van der Waals surface area contributed by atoms with Crippen LogP contribution in [0.2, 0.25) is 0 Å². The Balaban J connectivity index is 1.72. The number of imide groups is 1. The number of hydrogen-bond acceptors (Lipinski definition) is 3. The second kappa shape index (κ2) is 5.77. The number of carbonyl (C=O) groups is 3. The van der Waals surface area contributed by atoms with E-state index in [9.17, 15) is 14.4 Å². The molecule has 0 aromatic heterocycles. The lowest BCUT2D eigenvalue weighted by molar-refractivity contribution is -0.148. The van der Waals surface area contributed by atoms with Gasteiger partial charge in [0.25, 0.3) is 0 Å². The van der Waals surface area contributed by atoms with Gasteiger partial charge in [0.1, 0.15) is 6.54 Å². The van der Waals surface area contributed by atoms with Crippen molar-refractivity contribution in [3.63, 3.8) is 0 Å². The van der Waals surface area contributed by atoms with E-state index in [1.165, 1.54) is 4.90 Å². The molecule has 2 aliphatic carbocycles. The minimum atomic E-state index is -0.220. The SMILES string of the molecule is CCN(C(=O)CN1C(=O)[C@@H]2[C@H](C1=O)[C@H]1C=C[C@H]2C1)[C@H](C)C(C)C. The van der Waals surface area contributed by atoms with Crippen molar-refractivity contribution in [2.75, 3.05) is 13.1 Å². The van der Waals surface area contributed by atoms with Crippen molar-refractivity contribution < 1.29 is 14.4 Å². The Morgan fingerprint density at radius 3 is 2.13 bits per heavy atom. The highest BCUT2D eigenvalue weighted by Crippen LogP contribution is 2.52.